The molecule has 3 rings (SSSR count). The second kappa shape index (κ2) is 8.98. The molecule has 0 radical (unpaired) electrons. The zero-order valence-corrected chi connectivity index (χ0v) is 19.1. The lowest BCUT2D eigenvalue weighted by molar-refractivity contribution is -0.0961. The zero-order valence-electron chi connectivity index (χ0n) is 16.4. The van der Waals surface area contributed by atoms with Gasteiger partial charge in [-0.2, -0.15) is 13.6 Å². The summed E-state index contributed by atoms with van der Waals surface area (Å²) in [6.45, 7) is 2.28. The first kappa shape index (κ1) is 26.7. The number of rotatable bonds is 9. The van der Waals surface area contributed by atoms with Gasteiger partial charge in [-0.3, -0.25) is 18.9 Å². The van der Waals surface area contributed by atoms with Gasteiger partial charge in [0.15, 0.2) is 17.3 Å². The number of phosphoric acid groups is 3. The highest BCUT2D eigenvalue weighted by molar-refractivity contribution is 7.66. The summed E-state index contributed by atoms with van der Waals surface area (Å²) in [4.78, 5) is 57.6. The molecule has 1 aliphatic heterocycles. The molecule has 1 aliphatic rings. The van der Waals surface area contributed by atoms with Gasteiger partial charge in [-0.25, -0.2) is 23.1 Å². The van der Waals surface area contributed by atoms with Gasteiger partial charge in [-0.1, -0.05) is 6.58 Å². The van der Waals surface area contributed by atoms with Crippen molar-refractivity contribution in [3.8, 4) is 0 Å². The summed E-state index contributed by atoms with van der Waals surface area (Å²) in [5, 5.41) is 10.3. The average molecular weight is 551 g/mol. The molecule has 18 nitrogen and oxygen atoms in total. The Labute approximate surface area is 187 Å². The quantitative estimate of drug-likeness (QED) is 0.145. The number of hydrogen-bond acceptors (Lipinski definition) is 12. The summed E-state index contributed by atoms with van der Waals surface area (Å²) in [6.07, 6.45) is -4.35. The van der Waals surface area contributed by atoms with E-state index in [0.717, 1.165) is 17.0 Å². The number of H-pyrrole nitrogens is 1. The van der Waals surface area contributed by atoms with Gasteiger partial charge in [0.25, 0.3) is 5.56 Å². The SMILES string of the molecule is C=C[C@@]1(n2cnc3c(=O)[nH]c(N)nc32)O[C@H](COP(=O)(O)OP(=O)(O)OP(=O)(O)O)[C@@H](O)[C@H]1F. The Bertz CT molecular complexity index is 1310. The molecule has 0 bridgehead atoms. The van der Waals surface area contributed by atoms with Crippen molar-refractivity contribution in [1.82, 2.24) is 19.5 Å². The van der Waals surface area contributed by atoms with Gasteiger partial charge in [0, 0.05) is 0 Å². The fraction of sp³-hybridized carbons (Fsp3) is 0.417. The van der Waals surface area contributed by atoms with Crippen molar-refractivity contribution in [3.63, 3.8) is 0 Å². The molecule has 0 amide bonds. The van der Waals surface area contributed by atoms with Crippen molar-refractivity contribution < 1.29 is 60.6 Å². The highest BCUT2D eigenvalue weighted by Crippen LogP contribution is 2.66. The normalized spacial score (nSPS) is 29.1. The van der Waals surface area contributed by atoms with Crippen LogP contribution in [0.4, 0.5) is 10.3 Å². The van der Waals surface area contributed by atoms with Crippen LogP contribution in [-0.4, -0.2) is 69.2 Å². The Morgan fingerprint density at radius 2 is 1.94 bits per heavy atom. The summed E-state index contributed by atoms with van der Waals surface area (Å²) in [6, 6.07) is 0. The minimum Gasteiger partial charge on any atom is -0.387 e. The number of alkyl halides is 1. The standard InChI is InChI=1S/C12H17FN5O13P3/c1-2-12(18-4-15-6-9(18)16-11(14)17-10(6)20)8(13)7(19)5(29-12)3-28-33(24,25)31-34(26,27)30-32(21,22)23/h2,4-5,7-8,19H,1,3H2,(H,24,25)(H,26,27)(H2,21,22,23)(H3,14,16,17,20)/t5-,7-,8-,12-/m1/s1. The Morgan fingerprint density at radius 3 is 2.53 bits per heavy atom. The fourth-order valence-corrected chi connectivity index (χ4v) is 6.07. The minimum atomic E-state index is -5.79. The number of halogens is 1. The summed E-state index contributed by atoms with van der Waals surface area (Å²) in [7, 11) is -17.0. The molecule has 22 heteroatoms. The predicted molar refractivity (Wildman–Crippen MR) is 106 cm³/mol. The molecule has 190 valence electrons. The third kappa shape index (κ3) is 5.36. The number of anilines is 1. The number of nitrogens with zero attached hydrogens (tertiary/aromatic N) is 3. The van der Waals surface area contributed by atoms with E-state index in [4.69, 9.17) is 25.2 Å². The van der Waals surface area contributed by atoms with E-state index in [2.05, 4.69) is 34.7 Å². The summed E-state index contributed by atoms with van der Waals surface area (Å²) in [5.41, 5.74) is 1.93. The lowest BCUT2D eigenvalue weighted by Crippen LogP contribution is -2.41. The van der Waals surface area contributed by atoms with Crippen molar-refractivity contribution in [2.24, 2.45) is 0 Å². The summed E-state index contributed by atoms with van der Waals surface area (Å²) < 4.78 is 67.0. The van der Waals surface area contributed by atoms with Crippen LogP contribution in [0, 0.1) is 0 Å². The van der Waals surface area contributed by atoms with Crippen LogP contribution in [0.2, 0.25) is 0 Å². The van der Waals surface area contributed by atoms with Crippen molar-refractivity contribution in [1.29, 1.82) is 0 Å². The van der Waals surface area contributed by atoms with Crippen LogP contribution in [0.25, 0.3) is 11.2 Å². The van der Waals surface area contributed by atoms with Gasteiger partial charge in [0.1, 0.15) is 18.5 Å². The number of hydrogen-bond donors (Lipinski definition) is 7. The van der Waals surface area contributed by atoms with Gasteiger partial charge in [-0.05, 0) is 6.08 Å². The third-order valence-corrected chi connectivity index (χ3v) is 8.13. The number of aliphatic hydroxyl groups is 1. The van der Waals surface area contributed by atoms with Crippen LogP contribution >= 0.6 is 23.5 Å². The van der Waals surface area contributed by atoms with Crippen molar-refractivity contribution in [2.45, 2.75) is 24.1 Å². The molecule has 1 fully saturated rings. The van der Waals surface area contributed by atoms with Crippen LogP contribution in [0.1, 0.15) is 0 Å². The molecule has 6 atom stereocenters. The number of aromatic nitrogens is 4. The maximum atomic E-state index is 15.2. The van der Waals surface area contributed by atoms with Gasteiger partial charge in [0.05, 0.1) is 6.61 Å². The van der Waals surface area contributed by atoms with E-state index >= 15 is 4.39 Å². The number of fused-ring (bicyclic) bond motifs is 1. The molecule has 0 aromatic carbocycles. The van der Waals surface area contributed by atoms with E-state index in [-0.39, 0.29) is 17.1 Å². The highest BCUT2D eigenvalue weighted by Gasteiger charge is 2.56. The van der Waals surface area contributed by atoms with Gasteiger partial charge < -0.3 is 35.2 Å². The first-order valence-corrected chi connectivity index (χ1v) is 13.2. The van der Waals surface area contributed by atoms with E-state index in [1.807, 2.05) is 0 Å². The van der Waals surface area contributed by atoms with Crippen LogP contribution in [0.15, 0.2) is 23.8 Å². The van der Waals surface area contributed by atoms with Crippen molar-refractivity contribution in [3.05, 3.63) is 29.3 Å². The molecule has 8 N–H and O–H groups in total. The molecule has 2 aromatic heterocycles. The number of ether oxygens (including phenoxy) is 1. The number of aliphatic hydroxyl groups excluding tert-OH is 1. The van der Waals surface area contributed by atoms with E-state index in [0.29, 0.717) is 0 Å². The van der Waals surface area contributed by atoms with E-state index in [1.54, 1.807) is 0 Å². The van der Waals surface area contributed by atoms with Crippen molar-refractivity contribution >= 4 is 40.6 Å². The first-order chi connectivity index (χ1) is 15.5. The lowest BCUT2D eigenvalue weighted by atomic mass is 10.0. The third-order valence-electron chi connectivity index (χ3n) is 4.33. The number of nitrogens with one attached hydrogen (secondary N) is 1. The molecule has 0 aliphatic carbocycles. The second-order valence-electron chi connectivity index (χ2n) is 6.63. The number of imidazole rings is 1. The molecule has 0 spiro atoms. The zero-order chi connectivity index (χ0) is 25.7. The topological polar surface area (TPSA) is 279 Å². The largest absolute Gasteiger partial charge is 0.490 e. The van der Waals surface area contributed by atoms with Crippen molar-refractivity contribution in [2.75, 3.05) is 12.3 Å². The van der Waals surface area contributed by atoms with Crippen LogP contribution in [-0.2, 0) is 37.3 Å². The number of phosphoric ester groups is 1. The first-order valence-electron chi connectivity index (χ1n) is 8.65. The maximum absolute atomic E-state index is 15.2. The van der Waals surface area contributed by atoms with E-state index in [1.165, 1.54) is 0 Å². The molecular weight excluding hydrogens is 534 g/mol. The Balaban J connectivity index is 1.84. The van der Waals surface area contributed by atoms with Gasteiger partial charge >= 0.3 is 23.5 Å². The van der Waals surface area contributed by atoms with E-state index in [9.17, 15) is 28.5 Å². The molecule has 34 heavy (non-hydrogen) atoms. The summed E-state index contributed by atoms with van der Waals surface area (Å²) in [5.74, 6) is -0.350. The monoisotopic (exact) mass is 551 g/mol. The Kier molecular flexibility index (Phi) is 7.07. The second-order valence-corrected chi connectivity index (χ2v) is 11.0. The van der Waals surface area contributed by atoms with Crippen LogP contribution in [0.3, 0.4) is 0 Å². The molecule has 2 unspecified atom stereocenters. The Morgan fingerprint density at radius 1 is 1.29 bits per heavy atom. The van der Waals surface area contributed by atoms with E-state index < -0.39 is 59.7 Å². The van der Waals surface area contributed by atoms with Gasteiger partial charge in [0.2, 0.25) is 11.7 Å². The molecule has 0 saturated carbocycles. The predicted octanol–water partition coefficient (Wildman–Crippen LogP) is -1.02. The number of nitrogens with two attached hydrogens (primary N) is 1. The van der Waals surface area contributed by atoms with Crippen LogP contribution in [0.5, 0.6) is 0 Å². The molecule has 3 heterocycles. The minimum absolute atomic E-state index is 0.260. The molecule has 2 aromatic rings. The summed E-state index contributed by atoms with van der Waals surface area (Å²) >= 11 is 0. The average Bonchev–Trinajstić information content (AvgIpc) is 3.18. The maximum Gasteiger partial charge on any atom is 0.490 e. The lowest BCUT2D eigenvalue weighted by Gasteiger charge is -2.29. The number of aromatic amines is 1. The Hall–Kier alpha value is -1.85. The fourth-order valence-electron chi connectivity index (χ4n) is 3.04. The number of nitrogen functional groups attached to an aromatic ring is 1. The van der Waals surface area contributed by atoms with Gasteiger partial charge in [-0.15, -0.1) is 0 Å². The molecule has 1 saturated heterocycles. The molecular formula is C12H17FN5O13P3. The smallest absolute Gasteiger partial charge is 0.387 e. The van der Waals surface area contributed by atoms with Crippen LogP contribution < -0.4 is 11.3 Å². The highest BCUT2D eigenvalue weighted by atomic mass is 31.3.